The molecule has 6 heteroatoms. The Morgan fingerprint density at radius 1 is 1.16 bits per heavy atom. The number of nitrogens with zero attached hydrogens (tertiary/aromatic N) is 3. The predicted octanol–water partition coefficient (Wildman–Crippen LogP) is 6.14. The summed E-state index contributed by atoms with van der Waals surface area (Å²) in [6, 6.07) is 15.6. The molecule has 2 aromatic carbocycles. The highest BCUT2D eigenvalue weighted by molar-refractivity contribution is 5.95. The first-order chi connectivity index (χ1) is 15.6. The molecular formula is C26H32N4O2. The molecule has 1 aliphatic carbocycles. The van der Waals surface area contributed by atoms with E-state index in [1.165, 1.54) is 43.4 Å². The number of carboxylic acid groups (broad SMARTS) is 1. The van der Waals surface area contributed by atoms with Crippen molar-refractivity contribution in [3.63, 3.8) is 0 Å². The van der Waals surface area contributed by atoms with Gasteiger partial charge in [-0.2, -0.15) is 0 Å². The van der Waals surface area contributed by atoms with Crippen molar-refractivity contribution in [1.29, 1.82) is 0 Å². The van der Waals surface area contributed by atoms with Crippen LogP contribution in [0.1, 0.15) is 51.0 Å². The van der Waals surface area contributed by atoms with Crippen LogP contribution in [0.5, 0.6) is 0 Å². The van der Waals surface area contributed by atoms with Gasteiger partial charge in [0, 0.05) is 30.7 Å². The third kappa shape index (κ3) is 5.37. The van der Waals surface area contributed by atoms with Crippen LogP contribution in [-0.4, -0.2) is 26.8 Å². The van der Waals surface area contributed by atoms with E-state index in [9.17, 15) is 9.90 Å². The van der Waals surface area contributed by atoms with Crippen LogP contribution in [0.2, 0.25) is 0 Å². The molecule has 1 atom stereocenters. The average molecular weight is 433 g/mol. The van der Waals surface area contributed by atoms with Gasteiger partial charge in [-0.25, -0.2) is 14.7 Å². The first-order valence-corrected chi connectivity index (χ1v) is 11.5. The number of imidazole rings is 1. The Hall–Kier alpha value is -3.12. The molecule has 168 valence electrons. The Kier molecular flexibility index (Phi) is 7.22. The van der Waals surface area contributed by atoms with E-state index in [4.69, 9.17) is 0 Å². The number of carbonyl (C=O) groups is 1. The molecule has 0 radical (unpaired) electrons. The van der Waals surface area contributed by atoms with Crippen molar-refractivity contribution in [3.8, 4) is 5.69 Å². The minimum absolute atomic E-state index is 0.402. The fraction of sp³-hybridized carbons (Fsp3) is 0.385. The van der Waals surface area contributed by atoms with E-state index in [2.05, 4.69) is 17.2 Å². The molecule has 3 aromatic rings. The van der Waals surface area contributed by atoms with Gasteiger partial charge in [-0.05, 0) is 55.2 Å². The Morgan fingerprint density at radius 3 is 2.59 bits per heavy atom. The predicted molar refractivity (Wildman–Crippen MR) is 128 cm³/mol. The van der Waals surface area contributed by atoms with Gasteiger partial charge in [0.15, 0.2) is 0 Å². The number of aromatic nitrogens is 2. The van der Waals surface area contributed by atoms with Crippen molar-refractivity contribution in [2.45, 2.75) is 58.0 Å². The van der Waals surface area contributed by atoms with E-state index >= 15 is 0 Å². The molecule has 1 heterocycles. The summed E-state index contributed by atoms with van der Waals surface area (Å²) in [6.45, 7) is 2.88. The monoisotopic (exact) mass is 432 g/mol. The van der Waals surface area contributed by atoms with Gasteiger partial charge in [0.2, 0.25) is 0 Å². The number of anilines is 2. The normalized spacial score (nSPS) is 15.4. The highest BCUT2D eigenvalue weighted by atomic mass is 16.4. The Labute approximate surface area is 189 Å². The lowest BCUT2D eigenvalue weighted by Gasteiger charge is -2.26. The first kappa shape index (κ1) is 22.1. The van der Waals surface area contributed by atoms with Crippen molar-refractivity contribution < 1.29 is 9.90 Å². The van der Waals surface area contributed by atoms with E-state index in [1.807, 2.05) is 59.3 Å². The van der Waals surface area contributed by atoms with Crippen LogP contribution >= 0.6 is 0 Å². The number of benzene rings is 2. The van der Waals surface area contributed by atoms with Crippen molar-refractivity contribution in [3.05, 3.63) is 72.8 Å². The molecule has 0 aliphatic heterocycles. The van der Waals surface area contributed by atoms with E-state index < -0.39 is 6.09 Å². The van der Waals surface area contributed by atoms with Gasteiger partial charge in [0.25, 0.3) is 0 Å². The summed E-state index contributed by atoms with van der Waals surface area (Å²) in [5, 5.41) is 13.7. The molecule has 1 fully saturated rings. The molecule has 1 aromatic heterocycles. The van der Waals surface area contributed by atoms with Crippen LogP contribution in [-0.2, 0) is 6.54 Å². The van der Waals surface area contributed by atoms with Gasteiger partial charge in [-0.3, -0.25) is 0 Å². The fourth-order valence-electron chi connectivity index (χ4n) is 4.71. The molecule has 1 aliphatic rings. The summed E-state index contributed by atoms with van der Waals surface area (Å²) in [7, 11) is 0. The van der Waals surface area contributed by atoms with Crippen LogP contribution in [0.4, 0.5) is 16.2 Å². The number of rotatable bonds is 8. The van der Waals surface area contributed by atoms with E-state index in [-0.39, 0.29) is 0 Å². The molecule has 32 heavy (non-hydrogen) atoms. The third-order valence-electron chi connectivity index (χ3n) is 6.39. The van der Waals surface area contributed by atoms with Gasteiger partial charge in [-0.1, -0.05) is 50.3 Å². The number of hydrogen-bond acceptors (Lipinski definition) is 3. The summed E-state index contributed by atoms with van der Waals surface area (Å²) < 4.78 is 1.89. The van der Waals surface area contributed by atoms with E-state index in [0.717, 1.165) is 17.2 Å². The quantitative estimate of drug-likeness (QED) is 0.449. The van der Waals surface area contributed by atoms with Crippen molar-refractivity contribution in [1.82, 2.24) is 14.9 Å². The third-order valence-corrected chi connectivity index (χ3v) is 6.39. The van der Waals surface area contributed by atoms with Crippen molar-refractivity contribution in [2.24, 2.45) is 5.92 Å². The van der Waals surface area contributed by atoms with Crippen LogP contribution in [0, 0.1) is 5.92 Å². The maximum Gasteiger partial charge on any atom is 0.416 e. The fourth-order valence-corrected chi connectivity index (χ4v) is 4.71. The minimum atomic E-state index is -0.997. The number of amides is 1. The summed E-state index contributed by atoms with van der Waals surface area (Å²) in [4.78, 5) is 17.7. The zero-order valence-corrected chi connectivity index (χ0v) is 18.7. The number of nitrogens with one attached hydrogen (secondary N) is 1. The SMILES string of the molecule is CC(CC1CCCCC1)NCc1ccccc1N(C(=O)O)c1ccc(-n2ccnc2)cc1. The largest absolute Gasteiger partial charge is 0.464 e. The summed E-state index contributed by atoms with van der Waals surface area (Å²) in [6.07, 6.45) is 12.2. The lowest BCUT2D eigenvalue weighted by molar-refractivity contribution is 0.204. The second-order valence-corrected chi connectivity index (χ2v) is 8.75. The molecule has 0 bridgehead atoms. The van der Waals surface area contributed by atoms with Crippen LogP contribution < -0.4 is 10.2 Å². The summed E-state index contributed by atoms with van der Waals surface area (Å²) >= 11 is 0. The Balaban J connectivity index is 1.49. The van der Waals surface area contributed by atoms with Gasteiger partial charge >= 0.3 is 6.09 Å². The highest BCUT2D eigenvalue weighted by Crippen LogP contribution is 2.31. The maximum absolute atomic E-state index is 12.3. The van der Waals surface area contributed by atoms with Crippen molar-refractivity contribution in [2.75, 3.05) is 4.90 Å². The van der Waals surface area contributed by atoms with Crippen LogP contribution in [0.3, 0.4) is 0 Å². The zero-order chi connectivity index (χ0) is 22.3. The molecule has 1 amide bonds. The first-order valence-electron chi connectivity index (χ1n) is 11.5. The average Bonchev–Trinajstić information content (AvgIpc) is 3.35. The second kappa shape index (κ2) is 10.5. The van der Waals surface area contributed by atoms with Crippen LogP contribution in [0.25, 0.3) is 5.69 Å². The smallest absolute Gasteiger partial charge is 0.416 e. The molecule has 4 rings (SSSR count). The standard InChI is InChI=1S/C26H32N4O2/c1-20(17-21-7-3-2-4-8-21)28-18-22-9-5-6-10-25(22)30(26(31)32)24-13-11-23(12-14-24)29-16-15-27-19-29/h5-6,9-16,19-21,28H,2-4,7-8,17-18H2,1H3,(H,31,32). The lowest BCUT2D eigenvalue weighted by Crippen LogP contribution is -2.30. The molecule has 2 N–H and O–H groups in total. The van der Waals surface area contributed by atoms with Crippen molar-refractivity contribution >= 4 is 17.5 Å². The van der Waals surface area contributed by atoms with Gasteiger partial charge < -0.3 is 15.0 Å². The molecule has 1 saturated carbocycles. The molecular weight excluding hydrogens is 400 g/mol. The molecule has 0 spiro atoms. The van der Waals surface area contributed by atoms with Crippen LogP contribution in [0.15, 0.2) is 67.3 Å². The highest BCUT2D eigenvalue weighted by Gasteiger charge is 2.21. The minimum Gasteiger partial charge on any atom is -0.464 e. The topological polar surface area (TPSA) is 70.4 Å². The molecule has 1 unspecified atom stereocenters. The molecule has 0 saturated heterocycles. The van der Waals surface area contributed by atoms with Gasteiger partial charge in [0.1, 0.15) is 0 Å². The maximum atomic E-state index is 12.3. The number of para-hydroxylation sites is 1. The van der Waals surface area contributed by atoms with Gasteiger partial charge in [-0.15, -0.1) is 0 Å². The van der Waals surface area contributed by atoms with E-state index in [0.29, 0.717) is 24.0 Å². The Morgan fingerprint density at radius 2 is 1.91 bits per heavy atom. The molecule has 6 nitrogen and oxygen atoms in total. The van der Waals surface area contributed by atoms with Gasteiger partial charge in [0.05, 0.1) is 17.7 Å². The number of hydrogen-bond donors (Lipinski definition) is 2. The Bertz CT molecular complexity index is 995. The van der Waals surface area contributed by atoms with E-state index in [1.54, 1.807) is 12.5 Å². The second-order valence-electron chi connectivity index (χ2n) is 8.75. The lowest BCUT2D eigenvalue weighted by atomic mass is 9.85. The summed E-state index contributed by atoms with van der Waals surface area (Å²) in [5.41, 5.74) is 3.21. The summed E-state index contributed by atoms with van der Waals surface area (Å²) in [5.74, 6) is 0.811. The zero-order valence-electron chi connectivity index (χ0n) is 18.7.